The molecule has 4 heteroatoms. The van der Waals surface area contributed by atoms with E-state index in [0.717, 1.165) is 24.3 Å². The lowest BCUT2D eigenvalue weighted by molar-refractivity contribution is 0.929. The summed E-state index contributed by atoms with van der Waals surface area (Å²) in [6, 6.07) is 8.26. The number of hydrogen-bond donors (Lipinski definition) is 1. The van der Waals surface area contributed by atoms with Crippen molar-refractivity contribution in [2.24, 2.45) is 0 Å². The van der Waals surface area contributed by atoms with Gasteiger partial charge in [-0.3, -0.25) is 4.98 Å². The van der Waals surface area contributed by atoms with Gasteiger partial charge in [-0.15, -0.1) is 11.6 Å². The molecule has 1 N–H and O–H groups in total. The molecule has 88 valence electrons. The largest absolute Gasteiger partial charge is 0.339 e. The molecule has 17 heavy (non-hydrogen) atoms. The van der Waals surface area contributed by atoms with Crippen LogP contribution >= 0.6 is 11.6 Å². The molecular weight excluding hydrogens is 234 g/mol. The summed E-state index contributed by atoms with van der Waals surface area (Å²) in [5.41, 5.74) is 2.30. The van der Waals surface area contributed by atoms with Gasteiger partial charge in [0.1, 0.15) is 5.82 Å². The van der Waals surface area contributed by atoms with E-state index in [1.54, 1.807) is 18.6 Å². The zero-order chi connectivity index (χ0) is 11.9. The summed E-state index contributed by atoms with van der Waals surface area (Å²) in [5, 5.41) is 3.21. The molecule has 0 aliphatic carbocycles. The molecule has 2 aromatic rings. The smallest absolute Gasteiger partial charge is 0.148 e. The van der Waals surface area contributed by atoms with E-state index in [4.69, 9.17) is 11.6 Å². The molecule has 1 aromatic heterocycles. The normalized spacial score (nSPS) is 10.2. The zero-order valence-electron chi connectivity index (χ0n) is 9.44. The zero-order valence-corrected chi connectivity index (χ0v) is 10.2. The molecule has 0 spiro atoms. The Balaban J connectivity index is 2.06. The van der Waals surface area contributed by atoms with Crippen LogP contribution in [0.15, 0.2) is 42.9 Å². The number of alkyl halides is 1. The maximum atomic E-state index is 5.69. The predicted octanol–water partition coefficient (Wildman–Crippen LogP) is 3.39. The Bertz CT molecular complexity index is 459. The number of anilines is 2. The number of nitrogens with one attached hydrogen (secondary N) is 1. The van der Waals surface area contributed by atoms with Crippen LogP contribution in [-0.2, 0) is 6.42 Å². The van der Waals surface area contributed by atoms with Crippen molar-refractivity contribution in [3.63, 3.8) is 0 Å². The number of benzene rings is 1. The van der Waals surface area contributed by atoms with Crippen molar-refractivity contribution in [3.8, 4) is 0 Å². The summed E-state index contributed by atoms with van der Waals surface area (Å²) in [6.45, 7) is 0. The molecule has 0 aliphatic heterocycles. The number of hydrogen-bond acceptors (Lipinski definition) is 3. The Labute approximate surface area is 106 Å². The van der Waals surface area contributed by atoms with Crippen molar-refractivity contribution in [2.75, 3.05) is 11.2 Å². The molecule has 0 unspecified atom stereocenters. The van der Waals surface area contributed by atoms with Gasteiger partial charge in [0, 0.05) is 24.0 Å². The molecule has 0 saturated carbocycles. The van der Waals surface area contributed by atoms with Gasteiger partial charge in [-0.05, 0) is 30.5 Å². The highest BCUT2D eigenvalue weighted by molar-refractivity contribution is 6.17. The molecule has 3 nitrogen and oxygen atoms in total. The van der Waals surface area contributed by atoms with Crippen LogP contribution in [0, 0.1) is 0 Å². The molecular formula is C13H14ClN3. The number of aryl methyl sites for hydroxylation is 1. The molecule has 0 bridgehead atoms. The third-order valence-corrected chi connectivity index (χ3v) is 2.63. The number of aromatic nitrogens is 2. The molecule has 0 radical (unpaired) electrons. The van der Waals surface area contributed by atoms with Crippen molar-refractivity contribution in [1.29, 1.82) is 0 Å². The van der Waals surface area contributed by atoms with Gasteiger partial charge in [-0.25, -0.2) is 4.98 Å². The Morgan fingerprint density at radius 2 is 2.18 bits per heavy atom. The summed E-state index contributed by atoms with van der Waals surface area (Å²) in [5.74, 6) is 1.45. The molecule has 2 rings (SSSR count). The van der Waals surface area contributed by atoms with Crippen molar-refractivity contribution in [1.82, 2.24) is 9.97 Å². The monoisotopic (exact) mass is 247 g/mol. The van der Waals surface area contributed by atoms with Crippen LogP contribution in [0.2, 0.25) is 0 Å². The fraction of sp³-hybridized carbons (Fsp3) is 0.231. The minimum atomic E-state index is 0.696. The van der Waals surface area contributed by atoms with E-state index < -0.39 is 0 Å². The summed E-state index contributed by atoms with van der Waals surface area (Å²) in [6.07, 6.45) is 7.02. The molecule has 0 saturated heterocycles. The van der Waals surface area contributed by atoms with Gasteiger partial charge in [0.25, 0.3) is 0 Å². The summed E-state index contributed by atoms with van der Waals surface area (Å²) >= 11 is 5.69. The quantitative estimate of drug-likeness (QED) is 0.823. The highest BCUT2D eigenvalue weighted by atomic mass is 35.5. The van der Waals surface area contributed by atoms with Gasteiger partial charge >= 0.3 is 0 Å². The SMILES string of the molecule is ClCCCc1cccc(Nc2cnccn2)c1. The van der Waals surface area contributed by atoms with E-state index in [0.29, 0.717) is 5.88 Å². The van der Waals surface area contributed by atoms with Crippen LogP contribution in [0.5, 0.6) is 0 Å². The molecule has 1 heterocycles. The van der Waals surface area contributed by atoms with E-state index in [1.165, 1.54) is 5.56 Å². The first-order valence-electron chi connectivity index (χ1n) is 5.56. The van der Waals surface area contributed by atoms with Gasteiger partial charge in [-0.1, -0.05) is 12.1 Å². The van der Waals surface area contributed by atoms with Crippen LogP contribution in [-0.4, -0.2) is 15.8 Å². The molecule has 0 amide bonds. The van der Waals surface area contributed by atoms with Gasteiger partial charge in [0.15, 0.2) is 0 Å². The van der Waals surface area contributed by atoms with Crippen LogP contribution in [0.1, 0.15) is 12.0 Å². The van der Waals surface area contributed by atoms with Crippen molar-refractivity contribution < 1.29 is 0 Å². The van der Waals surface area contributed by atoms with Gasteiger partial charge in [0.05, 0.1) is 6.20 Å². The third-order valence-electron chi connectivity index (χ3n) is 2.36. The standard InChI is InChI=1S/C13H14ClN3/c14-6-2-4-11-3-1-5-12(9-11)17-13-10-15-7-8-16-13/h1,3,5,7-10H,2,4,6H2,(H,16,17). The maximum absolute atomic E-state index is 5.69. The second-order valence-corrected chi connectivity index (χ2v) is 4.09. The third kappa shape index (κ3) is 3.71. The Kier molecular flexibility index (Phi) is 4.33. The Hall–Kier alpha value is -1.61. The molecule has 0 atom stereocenters. The fourth-order valence-corrected chi connectivity index (χ4v) is 1.72. The lowest BCUT2D eigenvalue weighted by atomic mass is 10.1. The number of nitrogens with zero attached hydrogens (tertiary/aromatic N) is 2. The van der Waals surface area contributed by atoms with Gasteiger partial charge in [-0.2, -0.15) is 0 Å². The minimum absolute atomic E-state index is 0.696. The highest BCUT2D eigenvalue weighted by Gasteiger charge is 1.97. The fourth-order valence-electron chi connectivity index (χ4n) is 1.59. The Morgan fingerprint density at radius 1 is 1.24 bits per heavy atom. The predicted molar refractivity (Wildman–Crippen MR) is 70.8 cm³/mol. The summed E-state index contributed by atoms with van der Waals surface area (Å²) in [7, 11) is 0. The van der Waals surface area contributed by atoms with Crippen LogP contribution in [0.4, 0.5) is 11.5 Å². The number of halogens is 1. The van der Waals surface area contributed by atoms with E-state index in [1.807, 2.05) is 12.1 Å². The van der Waals surface area contributed by atoms with Crippen LogP contribution < -0.4 is 5.32 Å². The summed E-state index contributed by atoms with van der Waals surface area (Å²) < 4.78 is 0. The first kappa shape index (κ1) is 11.9. The minimum Gasteiger partial charge on any atom is -0.339 e. The van der Waals surface area contributed by atoms with Crippen LogP contribution in [0.3, 0.4) is 0 Å². The molecule has 0 aliphatic rings. The van der Waals surface area contributed by atoms with E-state index in [2.05, 4.69) is 27.4 Å². The first-order chi connectivity index (χ1) is 8.38. The topological polar surface area (TPSA) is 37.8 Å². The highest BCUT2D eigenvalue weighted by Crippen LogP contribution is 2.16. The lowest BCUT2D eigenvalue weighted by Gasteiger charge is -2.06. The Morgan fingerprint density at radius 3 is 2.94 bits per heavy atom. The van der Waals surface area contributed by atoms with Crippen molar-refractivity contribution in [3.05, 3.63) is 48.4 Å². The molecule has 1 aromatic carbocycles. The van der Waals surface area contributed by atoms with Gasteiger partial charge in [0.2, 0.25) is 0 Å². The van der Waals surface area contributed by atoms with Crippen LogP contribution in [0.25, 0.3) is 0 Å². The van der Waals surface area contributed by atoms with Gasteiger partial charge < -0.3 is 5.32 Å². The molecule has 0 fully saturated rings. The average molecular weight is 248 g/mol. The van der Waals surface area contributed by atoms with E-state index in [-0.39, 0.29) is 0 Å². The average Bonchev–Trinajstić information content (AvgIpc) is 2.38. The van der Waals surface area contributed by atoms with Crippen molar-refractivity contribution in [2.45, 2.75) is 12.8 Å². The number of rotatable bonds is 5. The van der Waals surface area contributed by atoms with Crippen molar-refractivity contribution >= 4 is 23.1 Å². The lowest BCUT2D eigenvalue weighted by Crippen LogP contribution is -1.95. The van der Waals surface area contributed by atoms with E-state index in [9.17, 15) is 0 Å². The first-order valence-corrected chi connectivity index (χ1v) is 6.10. The second-order valence-electron chi connectivity index (χ2n) is 3.71. The maximum Gasteiger partial charge on any atom is 0.148 e. The van der Waals surface area contributed by atoms with E-state index >= 15 is 0 Å². The second kappa shape index (κ2) is 6.21. The summed E-state index contributed by atoms with van der Waals surface area (Å²) in [4.78, 5) is 8.18.